The molecule has 0 unspecified atom stereocenters. The topological polar surface area (TPSA) is 0 Å². The monoisotopic (exact) mass is 318 g/mol. The van der Waals surface area contributed by atoms with Crippen LogP contribution in [-0.2, 0) is 0 Å². The van der Waals surface area contributed by atoms with E-state index in [9.17, 15) is 0 Å². The zero-order valence-electron chi connectivity index (χ0n) is 6.58. The minimum absolute atomic E-state index is 0. The number of quaternary nitrogens is 1. The molecule has 0 aromatic carbocycles. The van der Waals surface area contributed by atoms with E-state index in [0.717, 1.165) is 4.48 Å². The minimum Gasteiger partial charge on any atom is -1.00 e. The van der Waals surface area contributed by atoms with Gasteiger partial charge in [-0.15, -0.1) is 0 Å². The smallest absolute Gasteiger partial charge is 1.00 e. The Bertz CT molecular complexity index is 31.3. The van der Waals surface area contributed by atoms with Crippen molar-refractivity contribution in [1.29, 1.82) is 0 Å². The van der Waals surface area contributed by atoms with E-state index >= 15 is 0 Å². The second-order valence-corrected chi connectivity index (χ2v) is 2.68. The predicted octanol–water partition coefficient (Wildman–Crippen LogP) is -11.7. The van der Waals surface area contributed by atoms with Crippen molar-refractivity contribution in [1.82, 2.24) is 0 Å². The van der Waals surface area contributed by atoms with Crippen molar-refractivity contribution in [3.05, 3.63) is 0 Å². The van der Waals surface area contributed by atoms with Gasteiger partial charge in [0.25, 0.3) is 0 Å². The summed E-state index contributed by atoms with van der Waals surface area (Å²) in [6, 6.07) is 0. The molecule has 0 aliphatic rings. The Balaban J connectivity index is -0.0000000133. The molecule has 0 N–H and O–H groups in total. The summed E-state index contributed by atoms with van der Waals surface area (Å²) in [7, 11) is 8.50. The molecular weight excluding hydrogens is 309 g/mol. The molecule has 0 amide bonds. The molecule has 0 radical (unpaired) electrons. The molecular formula is C4H12Br3LiN-. The number of halogens is 3. The fourth-order valence-electron chi connectivity index (χ4n) is 0. The third-order valence-electron chi connectivity index (χ3n) is 0. The number of nitrogens with zero attached hydrogens (tertiary/aromatic N) is 1. The van der Waals surface area contributed by atoms with Gasteiger partial charge in [-0.2, -0.15) is 0 Å². The Hall–Kier alpha value is 2.00. The van der Waals surface area contributed by atoms with E-state index in [0.29, 0.717) is 0 Å². The molecule has 0 rings (SSSR count). The SMILES string of the molecule is C[N+](C)(C)C.[Br-].[Br-].[Br-].[Li+]. The van der Waals surface area contributed by atoms with Gasteiger partial charge in [-0.3, -0.25) is 0 Å². The van der Waals surface area contributed by atoms with Gasteiger partial charge in [-0.05, 0) is 0 Å². The Labute approximate surface area is 102 Å². The first kappa shape index (κ1) is 30.6. The van der Waals surface area contributed by atoms with Crippen LogP contribution >= 0.6 is 0 Å². The van der Waals surface area contributed by atoms with Crippen LogP contribution in [0.15, 0.2) is 0 Å². The third kappa shape index (κ3) is 160. The first-order chi connectivity index (χ1) is 2.00. The van der Waals surface area contributed by atoms with Crippen LogP contribution in [-0.4, -0.2) is 32.7 Å². The average molecular weight is 321 g/mol. The van der Waals surface area contributed by atoms with Crippen molar-refractivity contribution in [3.63, 3.8) is 0 Å². The fourth-order valence-corrected chi connectivity index (χ4v) is 0. The van der Waals surface area contributed by atoms with Crippen molar-refractivity contribution >= 4 is 0 Å². The van der Waals surface area contributed by atoms with Crippen molar-refractivity contribution in [2.75, 3.05) is 28.2 Å². The molecule has 0 saturated heterocycles. The van der Waals surface area contributed by atoms with Crippen molar-refractivity contribution < 1.29 is 74.3 Å². The maximum absolute atomic E-state index is 2.12. The van der Waals surface area contributed by atoms with Gasteiger partial charge in [0.1, 0.15) is 0 Å². The summed E-state index contributed by atoms with van der Waals surface area (Å²) in [6.07, 6.45) is 0. The van der Waals surface area contributed by atoms with E-state index < -0.39 is 0 Å². The summed E-state index contributed by atoms with van der Waals surface area (Å²) in [4.78, 5) is 0. The normalized spacial score (nSPS) is 6.67. The summed E-state index contributed by atoms with van der Waals surface area (Å²) in [6.45, 7) is 0. The van der Waals surface area contributed by atoms with Crippen LogP contribution in [0.2, 0.25) is 0 Å². The molecule has 1 nitrogen and oxygen atoms in total. The predicted molar refractivity (Wildman–Crippen MR) is 24.0 cm³/mol. The van der Waals surface area contributed by atoms with Crippen LogP contribution < -0.4 is 69.8 Å². The van der Waals surface area contributed by atoms with E-state index in [-0.39, 0.29) is 69.8 Å². The number of hydrogen-bond acceptors (Lipinski definition) is 0. The van der Waals surface area contributed by atoms with Crippen LogP contribution in [0.5, 0.6) is 0 Å². The van der Waals surface area contributed by atoms with E-state index in [2.05, 4.69) is 28.2 Å². The third-order valence-corrected chi connectivity index (χ3v) is 0. The van der Waals surface area contributed by atoms with E-state index in [4.69, 9.17) is 0 Å². The molecule has 0 spiro atoms. The number of hydrogen-bond donors (Lipinski definition) is 0. The Morgan fingerprint density at radius 1 is 0.667 bits per heavy atom. The minimum atomic E-state index is 0. The maximum atomic E-state index is 2.12. The molecule has 0 atom stereocenters. The summed E-state index contributed by atoms with van der Waals surface area (Å²) >= 11 is 0. The molecule has 56 valence electrons. The van der Waals surface area contributed by atoms with Gasteiger partial charge >= 0.3 is 18.9 Å². The zero-order chi connectivity index (χ0) is 4.50. The average Bonchev–Trinajstić information content (AvgIpc) is 0.722. The Morgan fingerprint density at radius 3 is 0.667 bits per heavy atom. The quantitative estimate of drug-likeness (QED) is 0.307. The van der Waals surface area contributed by atoms with Gasteiger partial charge in [-0.1, -0.05) is 0 Å². The summed E-state index contributed by atoms with van der Waals surface area (Å²) in [5, 5.41) is 0. The van der Waals surface area contributed by atoms with E-state index in [1.54, 1.807) is 0 Å². The first-order valence-electron chi connectivity index (χ1n) is 1.79. The first-order valence-corrected chi connectivity index (χ1v) is 1.79. The molecule has 5 heteroatoms. The summed E-state index contributed by atoms with van der Waals surface area (Å²) in [5.41, 5.74) is 0. The molecule has 0 aliphatic heterocycles. The molecule has 0 saturated carbocycles. The van der Waals surface area contributed by atoms with Gasteiger partial charge in [0.2, 0.25) is 0 Å². The van der Waals surface area contributed by atoms with Crippen LogP contribution in [0.3, 0.4) is 0 Å². The van der Waals surface area contributed by atoms with Gasteiger partial charge < -0.3 is 55.4 Å². The van der Waals surface area contributed by atoms with E-state index in [1.807, 2.05) is 0 Å². The Kier molecular flexibility index (Phi) is 43.0. The molecule has 0 heterocycles. The van der Waals surface area contributed by atoms with Gasteiger partial charge in [0.05, 0.1) is 28.2 Å². The van der Waals surface area contributed by atoms with Crippen molar-refractivity contribution in [2.45, 2.75) is 0 Å². The number of rotatable bonds is 0. The zero-order valence-corrected chi connectivity index (χ0v) is 11.3. The maximum Gasteiger partial charge on any atom is 1.00 e. The fraction of sp³-hybridized carbons (Fsp3) is 1.00. The van der Waals surface area contributed by atoms with Gasteiger partial charge in [-0.25, -0.2) is 0 Å². The largest absolute Gasteiger partial charge is 1.00 e. The van der Waals surface area contributed by atoms with E-state index in [1.165, 1.54) is 0 Å². The molecule has 0 aliphatic carbocycles. The summed E-state index contributed by atoms with van der Waals surface area (Å²) in [5.74, 6) is 0. The standard InChI is InChI=1S/C4H12N.3BrH.Li/c1-5(2,3)4;;;;/h1-4H3;3*1H;/q+1;;;;+1/p-3. The second-order valence-electron chi connectivity index (χ2n) is 2.68. The molecule has 9 heavy (non-hydrogen) atoms. The van der Waals surface area contributed by atoms with Crippen LogP contribution in [0.1, 0.15) is 0 Å². The molecule has 0 aromatic rings. The van der Waals surface area contributed by atoms with Gasteiger partial charge in [0, 0.05) is 0 Å². The molecule has 0 fully saturated rings. The Morgan fingerprint density at radius 2 is 0.667 bits per heavy atom. The second kappa shape index (κ2) is 12.7. The van der Waals surface area contributed by atoms with Crippen molar-refractivity contribution in [3.8, 4) is 0 Å². The molecule has 0 bridgehead atoms. The van der Waals surface area contributed by atoms with Crippen LogP contribution in [0, 0.1) is 0 Å². The van der Waals surface area contributed by atoms with Crippen molar-refractivity contribution in [2.24, 2.45) is 0 Å². The summed E-state index contributed by atoms with van der Waals surface area (Å²) < 4.78 is 1.00. The van der Waals surface area contributed by atoms with Crippen LogP contribution in [0.4, 0.5) is 0 Å². The van der Waals surface area contributed by atoms with Crippen LogP contribution in [0.25, 0.3) is 0 Å². The molecule has 0 aromatic heterocycles. The van der Waals surface area contributed by atoms with Gasteiger partial charge in [0.15, 0.2) is 0 Å².